The Labute approximate surface area is 106 Å². The third-order valence-corrected chi connectivity index (χ3v) is 3.10. The molecule has 1 aromatic carbocycles. The molecule has 0 atom stereocenters. The van der Waals surface area contributed by atoms with E-state index in [-0.39, 0.29) is 6.10 Å². The first kappa shape index (κ1) is 12.4. The highest BCUT2D eigenvalue weighted by molar-refractivity contribution is 5.71. The molecule has 0 unspecified atom stereocenters. The Balaban J connectivity index is 2.49. The second-order valence-electron chi connectivity index (χ2n) is 4.19. The fourth-order valence-electron chi connectivity index (χ4n) is 1.86. The first-order chi connectivity index (χ1) is 8.71. The average molecular weight is 248 g/mol. The van der Waals surface area contributed by atoms with E-state index in [1.165, 1.54) is 14.2 Å². The van der Waals surface area contributed by atoms with Crippen molar-refractivity contribution in [3.63, 3.8) is 0 Å². The number of anilines is 1. The first-order valence-corrected chi connectivity index (χ1v) is 5.82. The largest absolute Gasteiger partial charge is 0.493 e. The molecule has 0 amide bonds. The van der Waals surface area contributed by atoms with Gasteiger partial charge in [0.25, 0.3) is 0 Å². The van der Waals surface area contributed by atoms with Crippen molar-refractivity contribution >= 4 is 5.69 Å². The summed E-state index contributed by atoms with van der Waals surface area (Å²) < 4.78 is 16.3. The zero-order chi connectivity index (χ0) is 13.1. The summed E-state index contributed by atoms with van der Waals surface area (Å²) in [6.45, 7) is 0. The summed E-state index contributed by atoms with van der Waals surface area (Å²) in [5.41, 5.74) is 6.47. The Morgan fingerprint density at radius 3 is 2.44 bits per heavy atom. The van der Waals surface area contributed by atoms with E-state index in [1.54, 1.807) is 6.07 Å². The number of nitrogens with zero attached hydrogens (tertiary/aromatic N) is 1. The molecule has 5 nitrogen and oxygen atoms in total. The minimum atomic E-state index is 0.137. The highest BCUT2D eigenvalue weighted by Gasteiger charge is 2.26. The second-order valence-corrected chi connectivity index (χ2v) is 4.19. The Hall–Kier alpha value is -2.09. The number of methoxy groups -OCH3 is 2. The van der Waals surface area contributed by atoms with Crippen LogP contribution in [-0.4, -0.2) is 20.3 Å². The van der Waals surface area contributed by atoms with Gasteiger partial charge >= 0.3 is 0 Å². The van der Waals surface area contributed by atoms with Gasteiger partial charge in [-0.3, -0.25) is 0 Å². The molecule has 1 aliphatic carbocycles. The van der Waals surface area contributed by atoms with Gasteiger partial charge in [0.2, 0.25) is 5.75 Å². The van der Waals surface area contributed by atoms with Crippen molar-refractivity contribution in [3.05, 3.63) is 11.6 Å². The normalized spacial score (nSPS) is 14.5. The number of nitrogens with two attached hydrogens (primary N) is 1. The van der Waals surface area contributed by atoms with Crippen molar-refractivity contribution in [2.45, 2.75) is 25.4 Å². The molecular formula is C13H16N2O3. The number of benzene rings is 1. The van der Waals surface area contributed by atoms with Crippen molar-refractivity contribution in [3.8, 4) is 23.3 Å². The molecule has 1 aliphatic rings. The second kappa shape index (κ2) is 5.05. The number of rotatable bonds is 4. The van der Waals surface area contributed by atoms with Crippen molar-refractivity contribution in [1.29, 1.82) is 5.26 Å². The van der Waals surface area contributed by atoms with Crippen LogP contribution in [0.4, 0.5) is 5.69 Å². The molecule has 0 bridgehead atoms. The summed E-state index contributed by atoms with van der Waals surface area (Å²) in [6, 6.07) is 3.63. The van der Waals surface area contributed by atoms with Gasteiger partial charge in [-0.05, 0) is 19.3 Å². The van der Waals surface area contributed by atoms with E-state index in [2.05, 4.69) is 6.07 Å². The van der Waals surface area contributed by atoms with Crippen LogP contribution in [0, 0.1) is 11.3 Å². The molecule has 18 heavy (non-hydrogen) atoms. The minimum absolute atomic E-state index is 0.137. The quantitative estimate of drug-likeness (QED) is 0.825. The lowest BCUT2D eigenvalue weighted by molar-refractivity contribution is 0.115. The van der Waals surface area contributed by atoms with Crippen LogP contribution >= 0.6 is 0 Å². The van der Waals surface area contributed by atoms with Gasteiger partial charge in [0.05, 0.1) is 26.0 Å². The predicted octanol–water partition coefficient (Wildman–Crippen LogP) is 2.09. The summed E-state index contributed by atoms with van der Waals surface area (Å²) in [5, 5.41) is 9.18. The minimum Gasteiger partial charge on any atom is -0.493 e. The van der Waals surface area contributed by atoms with Gasteiger partial charge in [-0.15, -0.1) is 0 Å². The Morgan fingerprint density at radius 1 is 1.28 bits per heavy atom. The van der Waals surface area contributed by atoms with Crippen molar-refractivity contribution in [2.24, 2.45) is 0 Å². The number of hydrogen-bond acceptors (Lipinski definition) is 5. The van der Waals surface area contributed by atoms with Gasteiger partial charge in [-0.2, -0.15) is 5.26 Å². The first-order valence-electron chi connectivity index (χ1n) is 5.82. The Kier molecular flexibility index (Phi) is 3.47. The van der Waals surface area contributed by atoms with Crippen LogP contribution in [0.1, 0.15) is 24.8 Å². The predicted molar refractivity (Wildman–Crippen MR) is 66.9 cm³/mol. The van der Waals surface area contributed by atoms with E-state index in [0.29, 0.717) is 28.5 Å². The molecule has 0 radical (unpaired) electrons. The summed E-state index contributed by atoms with van der Waals surface area (Å²) >= 11 is 0. The van der Waals surface area contributed by atoms with Gasteiger partial charge < -0.3 is 19.9 Å². The van der Waals surface area contributed by atoms with Gasteiger partial charge in [-0.1, -0.05) is 0 Å². The van der Waals surface area contributed by atoms with Gasteiger partial charge in [-0.25, -0.2) is 0 Å². The zero-order valence-corrected chi connectivity index (χ0v) is 10.5. The van der Waals surface area contributed by atoms with Gasteiger partial charge in [0, 0.05) is 6.07 Å². The lowest BCUT2D eigenvalue weighted by atomic mass is 9.96. The van der Waals surface area contributed by atoms with Crippen molar-refractivity contribution < 1.29 is 14.2 Å². The highest BCUT2D eigenvalue weighted by Crippen LogP contribution is 2.44. The molecule has 1 aromatic rings. The number of nitriles is 1. The number of ether oxygens (including phenoxy) is 3. The van der Waals surface area contributed by atoms with Gasteiger partial charge in [0.1, 0.15) is 11.6 Å². The molecule has 0 saturated heterocycles. The fraction of sp³-hybridized carbons (Fsp3) is 0.462. The Morgan fingerprint density at radius 2 is 2.00 bits per heavy atom. The number of hydrogen-bond donors (Lipinski definition) is 1. The maximum atomic E-state index is 9.18. The SMILES string of the molecule is COc1cc(N)c(C#N)c(OC2CCC2)c1OC. The molecule has 1 saturated carbocycles. The van der Waals surface area contributed by atoms with E-state index in [4.69, 9.17) is 19.9 Å². The van der Waals surface area contributed by atoms with Crippen LogP contribution in [0.3, 0.4) is 0 Å². The summed E-state index contributed by atoms with van der Waals surface area (Å²) in [6.07, 6.45) is 3.27. The molecule has 0 aromatic heterocycles. The smallest absolute Gasteiger partial charge is 0.204 e. The third kappa shape index (κ3) is 2.02. The van der Waals surface area contributed by atoms with Crippen LogP contribution in [0.2, 0.25) is 0 Å². The van der Waals surface area contributed by atoms with E-state index in [9.17, 15) is 5.26 Å². The molecule has 0 heterocycles. The molecule has 5 heteroatoms. The number of nitrogen functional groups attached to an aromatic ring is 1. The maximum Gasteiger partial charge on any atom is 0.204 e. The van der Waals surface area contributed by atoms with Gasteiger partial charge in [0.15, 0.2) is 11.5 Å². The van der Waals surface area contributed by atoms with Crippen LogP contribution < -0.4 is 19.9 Å². The zero-order valence-electron chi connectivity index (χ0n) is 10.5. The average Bonchev–Trinajstić information content (AvgIpc) is 2.32. The Bertz CT molecular complexity index is 490. The van der Waals surface area contributed by atoms with Crippen LogP contribution in [0.5, 0.6) is 17.2 Å². The van der Waals surface area contributed by atoms with Crippen molar-refractivity contribution in [2.75, 3.05) is 20.0 Å². The van der Waals surface area contributed by atoms with E-state index in [0.717, 1.165) is 19.3 Å². The molecule has 0 spiro atoms. The van der Waals surface area contributed by atoms with Crippen LogP contribution in [-0.2, 0) is 0 Å². The molecule has 96 valence electrons. The van der Waals surface area contributed by atoms with E-state index < -0.39 is 0 Å². The van der Waals surface area contributed by atoms with E-state index in [1.807, 2.05) is 0 Å². The molecule has 2 N–H and O–H groups in total. The molecule has 1 fully saturated rings. The molecule has 0 aliphatic heterocycles. The molecule has 2 rings (SSSR count). The molecular weight excluding hydrogens is 232 g/mol. The maximum absolute atomic E-state index is 9.18. The lowest BCUT2D eigenvalue weighted by Crippen LogP contribution is -2.25. The standard InChI is InChI=1S/C13H16N2O3/c1-16-11-6-10(15)9(7-14)12(13(11)17-2)18-8-4-3-5-8/h6,8H,3-5,15H2,1-2H3. The lowest BCUT2D eigenvalue weighted by Gasteiger charge is -2.28. The monoisotopic (exact) mass is 248 g/mol. The highest BCUT2D eigenvalue weighted by atomic mass is 16.5. The third-order valence-electron chi connectivity index (χ3n) is 3.10. The summed E-state index contributed by atoms with van der Waals surface area (Å²) in [5.74, 6) is 1.29. The van der Waals surface area contributed by atoms with Crippen LogP contribution in [0.15, 0.2) is 6.07 Å². The summed E-state index contributed by atoms with van der Waals surface area (Å²) in [7, 11) is 3.04. The fourth-order valence-corrected chi connectivity index (χ4v) is 1.86. The van der Waals surface area contributed by atoms with Crippen molar-refractivity contribution in [1.82, 2.24) is 0 Å². The topological polar surface area (TPSA) is 77.5 Å². The van der Waals surface area contributed by atoms with E-state index >= 15 is 0 Å². The van der Waals surface area contributed by atoms with Crippen LogP contribution in [0.25, 0.3) is 0 Å². The summed E-state index contributed by atoms with van der Waals surface area (Å²) in [4.78, 5) is 0.